The van der Waals surface area contributed by atoms with E-state index in [0.717, 1.165) is 32.3 Å². The van der Waals surface area contributed by atoms with E-state index in [4.69, 9.17) is 23.2 Å². The van der Waals surface area contributed by atoms with Gasteiger partial charge in [-0.15, -0.1) is 0 Å². The fourth-order valence-corrected chi connectivity index (χ4v) is 2.94. The van der Waals surface area contributed by atoms with Crippen LogP contribution in [0, 0.1) is 0 Å². The predicted molar refractivity (Wildman–Crippen MR) is 78.5 cm³/mol. The Hall–Kier alpha value is -1.50. The van der Waals surface area contributed by atoms with Crippen LogP contribution in [0.3, 0.4) is 0 Å². The first-order valence-corrected chi connectivity index (χ1v) is 6.46. The fraction of sp³-hybridized carbons (Fsp3) is 0. The third-order valence-electron chi connectivity index (χ3n) is 3.01. The second-order valence-electron chi connectivity index (χ2n) is 4.11. The Morgan fingerprint density at radius 1 is 0.556 bits per heavy atom. The summed E-state index contributed by atoms with van der Waals surface area (Å²) in [5, 5.41) is 1.44. The standard InChI is InChI=1S/C16H10Cl2/c17-15-12-9-5-2-6-10-13(12)16(18)14(15)11-7-3-1-4-8-11/h1-10H. The highest BCUT2D eigenvalue weighted by atomic mass is 35.5. The first-order valence-electron chi connectivity index (χ1n) is 5.70. The molecule has 3 rings (SSSR count). The Morgan fingerprint density at radius 3 is 1.50 bits per heavy atom. The van der Waals surface area contributed by atoms with E-state index in [0.29, 0.717) is 0 Å². The summed E-state index contributed by atoms with van der Waals surface area (Å²) >= 11 is 12.9. The minimum absolute atomic E-state index is 0.720. The van der Waals surface area contributed by atoms with Crippen molar-refractivity contribution in [3.63, 3.8) is 0 Å². The summed E-state index contributed by atoms with van der Waals surface area (Å²) in [6.07, 6.45) is 0. The van der Waals surface area contributed by atoms with Crippen LogP contribution in [0.15, 0.2) is 60.7 Å². The molecule has 0 aromatic heterocycles. The lowest BCUT2D eigenvalue weighted by Crippen LogP contribution is -1.74. The van der Waals surface area contributed by atoms with Crippen molar-refractivity contribution in [2.45, 2.75) is 0 Å². The molecular weight excluding hydrogens is 263 g/mol. The van der Waals surface area contributed by atoms with Gasteiger partial charge in [-0.3, -0.25) is 0 Å². The van der Waals surface area contributed by atoms with Crippen LogP contribution in [0.5, 0.6) is 0 Å². The smallest absolute Gasteiger partial charge is 0.0578 e. The number of fused-ring (bicyclic) bond motifs is 1. The van der Waals surface area contributed by atoms with E-state index < -0.39 is 0 Å². The van der Waals surface area contributed by atoms with E-state index in [1.165, 1.54) is 0 Å². The monoisotopic (exact) mass is 272 g/mol. The van der Waals surface area contributed by atoms with Crippen LogP contribution < -0.4 is 0 Å². The molecular formula is C16H10Cl2. The molecule has 2 aliphatic carbocycles. The molecule has 1 aromatic carbocycles. The lowest BCUT2D eigenvalue weighted by molar-refractivity contribution is 1.67. The average molecular weight is 273 g/mol. The Bertz CT molecular complexity index is 623. The molecule has 0 saturated carbocycles. The molecule has 0 fully saturated rings. The van der Waals surface area contributed by atoms with E-state index in [1.54, 1.807) is 0 Å². The molecule has 1 aromatic rings. The highest BCUT2D eigenvalue weighted by Crippen LogP contribution is 2.48. The number of rotatable bonds is 1. The molecule has 2 heteroatoms. The van der Waals surface area contributed by atoms with Crippen molar-refractivity contribution in [1.29, 1.82) is 0 Å². The second kappa shape index (κ2) is 4.64. The van der Waals surface area contributed by atoms with E-state index in [9.17, 15) is 0 Å². The predicted octanol–water partition coefficient (Wildman–Crippen LogP) is 5.77. The quantitative estimate of drug-likeness (QED) is 0.528. The second-order valence-corrected chi connectivity index (χ2v) is 4.86. The van der Waals surface area contributed by atoms with Gasteiger partial charge in [0.2, 0.25) is 0 Å². The van der Waals surface area contributed by atoms with Gasteiger partial charge in [-0.25, -0.2) is 0 Å². The normalized spacial score (nSPS) is 10.8. The average Bonchev–Trinajstić information content (AvgIpc) is 2.60. The summed E-state index contributed by atoms with van der Waals surface area (Å²) < 4.78 is 0. The first-order chi connectivity index (χ1) is 8.79. The van der Waals surface area contributed by atoms with Crippen molar-refractivity contribution < 1.29 is 0 Å². The Morgan fingerprint density at radius 2 is 1.00 bits per heavy atom. The highest BCUT2D eigenvalue weighted by Gasteiger charge is 2.20. The van der Waals surface area contributed by atoms with Gasteiger partial charge < -0.3 is 0 Å². The molecule has 0 nitrogen and oxygen atoms in total. The van der Waals surface area contributed by atoms with Crippen LogP contribution in [0.25, 0.3) is 22.3 Å². The van der Waals surface area contributed by atoms with Crippen molar-refractivity contribution in [1.82, 2.24) is 0 Å². The summed E-state index contributed by atoms with van der Waals surface area (Å²) in [6, 6.07) is 19.9. The maximum atomic E-state index is 6.47. The first kappa shape index (κ1) is 11.6. The molecule has 0 radical (unpaired) electrons. The van der Waals surface area contributed by atoms with Gasteiger partial charge in [0, 0.05) is 16.7 Å². The van der Waals surface area contributed by atoms with Crippen LogP contribution in [0.4, 0.5) is 0 Å². The van der Waals surface area contributed by atoms with Crippen LogP contribution in [-0.4, -0.2) is 0 Å². The molecule has 0 aliphatic heterocycles. The number of benzene rings is 1. The molecule has 0 atom stereocenters. The summed E-state index contributed by atoms with van der Waals surface area (Å²) in [6.45, 7) is 0. The molecule has 0 N–H and O–H groups in total. The van der Waals surface area contributed by atoms with Crippen molar-refractivity contribution in [3.05, 3.63) is 70.7 Å². The lowest BCUT2D eigenvalue weighted by Gasteiger charge is -2.00. The fourth-order valence-electron chi connectivity index (χ4n) is 2.15. The van der Waals surface area contributed by atoms with Crippen molar-refractivity contribution in [3.8, 4) is 22.3 Å². The van der Waals surface area contributed by atoms with Crippen LogP contribution in [0.2, 0.25) is 10.0 Å². The topological polar surface area (TPSA) is 0 Å². The molecule has 0 unspecified atom stereocenters. The van der Waals surface area contributed by atoms with Crippen molar-refractivity contribution in [2.24, 2.45) is 0 Å². The van der Waals surface area contributed by atoms with E-state index in [1.807, 2.05) is 60.7 Å². The Balaban J connectivity index is 2.35. The zero-order valence-corrected chi connectivity index (χ0v) is 11.0. The van der Waals surface area contributed by atoms with Gasteiger partial charge in [-0.2, -0.15) is 0 Å². The van der Waals surface area contributed by atoms with Crippen LogP contribution in [0.1, 0.15) is 0 Å². The van der Waals surface area contributed by atoms with E-state index >= 15 is 0 Å². The molecule has 0 saturated heterocycles. The lowest BCUT2D eigenvalue weighted by atomic mass is 10.1. The highest BCUT2D eigenvalue weighted by molar-refractivity contribution is 6.44. The van der Waals surface area contributed by atoms with Gasteiger partial charge in [0.15, 0.2) is 0 Å². The van der Waals surface area contributed by atoms with Gasteiger partial charge in [-0.05, 0) is 5.56 Å². The van der Waals surface area contributed by atoms with Gasteiger partial charge >= 0.3 is 0 Å². The van der Waals surface area contributed by atoms with Crippen molar-refractivity contribution >= 4 is 23.2 Å². The number of halogens is 2. The molecule has 0 amide bonds. The minimum Gasteiger partial charge on any atom is -0.0829 e. The van der Waals surface area contributed by atoms with E-state index in [-0.39, 0.29) is 0 Å². The largest absolute Gasteiger partial charge is 0.0829 e. The molecule has 18 heavy (non-hydrogen) atoms. The maximum absolute atomic E-state index is 6.47. The molecule has 0 heterocycles. The zero-order chi connectivity index (χ0) is 12.5. The third kappa shape index (κ3) is 1.78. The summed E-state index contributed by atoms with van der Waals surface area (Å²) in [5.74, 6) is 0. The SMILES string of the molecule is Clc1c2cccccc-2c(Cl)c1-c1ccccc1. The van der Waals surface area contributed by atoms with Crippen LogP contribution in [-0.2, 0) is 0 Å². The summed E-state index contributed by atoms with van der Waals surface area (Å²) in [5.41, 5.74) is 3.95. The number of hydrogen-bond acceptors (Lipinski definition) is 0. The molecule has 88 valence electrons. The third-order valence-corrected chi connectivity index (χ3v) is 3.80. The van der Waals surface area contributed by atoms with Gasteiger partial charge in [0.1, 0.15) is 0 Å². The van der Waals surface area contributed by atoms with Crippen LogP contribution >= 0.6 is 23.2 Å². The Kier molecular flexibility index (Phi) is 2.99. The van der Waals surface area contributed by atoms with Gasteiger partial charge in [0.05, 0.1) is 10.0 Å². The van der Waals surface area contributed by atoms with E-state index in [2.05, 4.69) is 0 Å². The van der Waals surface area contributed by atoms with Gasteiger partial charge in [0.25, 0.3) is 0 Å². The number of hydrogen-bond donors (Lipinski definition) is 0. The van der Waals surface area contributed by atoms with Crippen molar-refractivity contribution in [2.75, 3.05) is 0 Å². The van der Waals surface area contributed by atoms with Gasteiger partial charge in [-0.1, -0.05) is 83.9 Å². The zero-order valence-electron chi connectivity index (χ0n) is 9.53. The maximum Gasteiger partial charge on any atom is 0.0578 e. The molecule has 2 aliphatic rings. The molecule has 0 bridgehead atoms. The Labute approximate surface area is 116 Å². The summed E-state index contributed by atoms with van der Waals surface area (Å²) in [7, 11) is 0. The minimum atomic E-state index is 0.720. The summed E-state index contributed by atoms with van der Waals surface area (Å²) in [4.78, 5) is 0. The molecule has 0 spiro atoms.